The van der Waals surface area contributed by atoms with Crippen molar-refractivity contribution < 1.29 is 12.8 Å². The molecule has 0 amide bonds. The van der Waals surface area contributed by atoms with Crippen molar-refractivity contribution in [2.24, 2.45) is 0 Å². The minimum Gasteiger partial charge on any atom is -0.452 e. The lowest BCUT2D eigenvalue weighted by atomic mass is 10.0. The van der Waals surface area contributed by atoms with Crippen LogP contribution in [0.25, 0.3) is 0 Å². The Morgan fingerprint density at radius 3 is 2.68 bits per heavy atom. The van der Waals surface area contributed by atoms with E-state index in [2.05, 4.69) is 23.5 Å². The summed E-state index contributed by atoms with van der Waals surface area (Å²) in [5.74, 6) is 2.21. The van der Waals surface area contributed by atoms with Gasteiger partial charge in [-0.3, -0.25) is 4.90 Å². The van der Waals surface area contributed by atoms with Gasteiger partial charge in [0.15, 0.2) is 0 Å². The highest BCUT2D eigenvalue weighted by Crippen LogP contribution is 2.20. The summed E-state index contributed by atoms with van der Waals surface area (Å²) in [7, 11) is -3.54. The third-order valence-electron chi connectivity index (χ3n) is 3.32. The van der Waals surface area contributed by atoms with Gasteiger partial charge in [0.2, 0.25) is 5.09 Å². The molecule has 0 aliphatic carbocycles. The summed E-state index contributed by atoms with van der Waals surface area (Å²) in [6, 6.07) is 3.02. The van der Waals surface area contributed by atoms with Crippen molar-refractivity contribution in [1.82, 2.24) is 9.62 Å². The zero-order valence-electron chi connectivity index (χ0n) is 11.3. The first-order valence-electron chi connectivity index (χ1n) is 6.28. The molecule has 1 fully saturated rings. The van der Waals surface area contributed by atoms with Crippen molar-refractivity contribution in [1.29, 1.82) is 0 Å². The maximum Gasteiger partial charge on any atom is 0.274 e. The van der Waals surface area contributed by atoms with E-state index in [9.17, 15) is 8.42 Å². The molecule has 0 radical (unpaired) electrons. The molecule has 108 valence electrons. The van der Waals surface area contributed by atoms with Crippen molar-refractivity contribution in [3.8, 4) is 0 Å². The van der Waals surface area contributed by atoms with Crippen LogP contribution in [-0.2, 0) is 10.0 Å². The number of rotatable bonds is 5. The van der Waals surface area contributed by atoms with E-state index >= 15 is 0 Å². The maximum absolute atomic E-state index is 12.0. The fraction of sp³-hybridized carbons (Fsp3) is 0.667. The van der Waals surface area contributed by atoms with Crippen molar-refractivity contribution in [3.63, 3.8) is 0 Å². The van der Waals surface area contributed by atoms with Crippen LogP contribution in [0, 0.1) is 0 Å². The average molecular weight is 304 g/mol. The van der Waals surface area contributed by atoms with E-state index in [-0.39, 0.29) is 10.6 Å². The highest BCUT2D eigenvalue weighted by Gasteiger charge is 2.30. The smallest absolute Gasteiger partial charge is 0.274 e. The molecular weight excluding hydrogens is 284 g/mol. The van der Waals surface area contributed by atoms with Crippen LogP contribution in [-0.4, -0.2) is 50.0 Å². The Morgan fingerprint density at radius 2 is 2.11 bits per heavy atom. The highest BCUT2D eigenvalue weighted by atomic mass is 32.2. The van der Waals surface area contributed by atoms with Gasteiger partial charge in [-0.2, -0.15) is 11.8 Å². The van der Waals surface area contributed by atoms with Crippen LogP contribution in [0.3, 0.4) is 0 Å². The summed E-state index contributed by atoms with van der Waals surface area (Å²) in [6.07, 6.45) is 1.36. The number of nitrogens with zero attached hydrogens (tertiary/aromatic N) is 1. The molecule has 0 aromatic carbocycles. The van der Waals surface area contributed by atoms with Crippen LogP contribution in [0.5, 0.6) is 0 Å². The highest BCUT2D eigenvalue weighted by molar-refractivity contribution is 7.99. The summed E-state index contributed by atoms with van der Waals surface area (Å²) < 4.78 is 31.6. The Morgan fingerprint density at radius 1 is 1.42 bits per heavy atom. The second kappa shape index (κ2) is 5.87. The van der Waals surface area contributed by atoms with E-state index in [1.54, 1.807) is 6.07 Å². The van der Waals surface area contributed by atoms with Gasteiger partial charge in [0.1, 0.15) is 0 Å². The first-order valence-corrected chi connectivity index (χ1v) is 8.92. The molecule has 1 N–H and O–H groups in total. The molecule has 1 aromatic heterocycles. The summed E-state index contributed by atoms with van der Waals surface area (Å²) in [5.41, 5.74) is -0.194. The van der Waals surface area contributed by atoms with Gasteiger partial charge in [0.05, 0.1) is 6.26 Å². The second-order valence-corrected chi connectivity index (χ2v) is 8.09. The Balaban J connectivity index is 1.97. The molecule has 1 saturated heterocycles. The van der Waals surface area contributed by atoms with E-state index in [0.29, 0.717) is 6.54 Å². The van der Waals surface area contributed by atoms with Gasteiger partial charge in [-0.25, -0.2) is 13.1 Å². The molecule has 0 unspecified atom stereocenters. The minimum atomic E-state index is -3.54. The predicted octanol–water partition coefficient (Wildman–Crippen LogP) is 1.39. The van der Waals surface area contributed by atoms with E-state index in [1.165, 1.54) is 12.3 Å². The maximum atomic E-state index is 12.0. The van der Waals surface area contributed by atoms with Crippen LogP contribution in [0.2, 0.25) is 0 Å². The number of hydrogen-bond donors (Lipinski definition) is 1. The number of thioether (sulfide) groups is 1. The van der Waals surface area contributed by atoms with Crippen LogP contribution >= 0.6 is 11.8 Å². The molecule has 7 heteroatoms. The summed E-state index contributed by atoms with van der Waals surface area (Å²) in [5, 5.41) is -0.0301. The van der Waals surface area contributed by atoms with Crippen LogP contribution in [0.1, 0.15) is 13.8 Å². The molecule has 2 rings (SSSR count). The predicted molar refractivity (Wildman–Crippen MR) is 76.9 cm³/mol. The summed E-state index contributed by atoms with van der Waals surface area (Å²) in [4.78, 5) is 2.33. The number of furan rings is 1. The summed E-state index contributed by atoms with van der Waals surface area (Å²) >= 11 is 1.94. The molecule has 5 nitrogen and oxygen atoms in total. The monoisotopic (exact) mass is 304 g/mol. The number of hydrogen-bond acceptors (Lipinski definition) is 5. The van der Waals surface area contributed by atoms with E-state index in [4.69, 9.17) is 4.42 Å². The van der Waals surface area contributed by atoms with Gasteiger partial charge in [-0.05, 0) is 26.0 Å². The SMILES string of the molecule is CC(C)(CNS(=O)(=O)c1ccco1)N1CCSCC1. The Kier molecular flexibility index (Phi) is 4.60. The van der Waals surface area contributed by atoms with E-state index < -0.39 is 10.0 Å². The quantitative estimate of drug-likeness (QED) is 0.890. The van der Waals surface area contributed by atoms with Crippen LogP contribution < -0.4 is 4.72 Å². The molecule has 0 saturated carbocycles. The van der Waals surface area contributed by atoms with Gasteiger partial charge in [0.25, 0.3) is 10.0 Å². The Hall–Kier alpha value is -0.500. The number of sulfonamides is 1. The molecular formula is C12H20N2O3S2. The lowest BCUT2D eigenvalue weighted by Crippen LogP contribution is -2.54. The van der Waals surface area contributed by atoms with Crippen LogP contribution in [0.4, 0.5) is 0 Å². The van der Waals surface area contributed by atoms with Gasteiger partial charge in [-0.15, -0.1) is 0 Å². The first kappa shape index (κ1) is 14.9. The minimum absolute atomic E-state index is 0.0301. The Labute approximate surface area is 118 Å². The van der Waals surface area contributed by atoms with E-state index in [0.717, 1.165) is 24.6 Å². The molecule has 0 bridgehead atoms. The van der Waals surface area contributed by atoms with Gasteiger partial charge in [-0.1, -0.05) is 0 Å². The first-order chi connectivity index (χ1) is 8.92. The lowest BCUT2D eigenvalue weighted by molar-refractivity contribution is 0.138. The zero-order chi connectivity index (χ0) is 13.9. The van der Waals surface area contributed by atoms with Gasteiger partial charge < -0.3 is 4.42 Å². The molecule has 19 heavy (non-hydrogen) atoms. The van der Waals surface area contributed by atoms with E-state index in [1.807, 2.05) is 11.8 Å². The average Bonchev–Trinajstić information content (AvgIpc) is 2.93. The van der Waals surface area contributed by atoms with Gasteiger partial charge >= 0.3 is 0 Å². The topological polar surface area (TPSA) is 62.6 Å². The summed E-state index contributed by atoms with van der Waals surface area (Å²) in [6.45, 7) is 6.50. The zero-order valence-corrected chi connectivity index (χ0v) is 12.9. The lowest BCUT2D eigenvalue weighted by Gasteiger charge is -2.40. The Bertz CT molecular complexity index is 491. The van der Waals surface area contributed by atoms with Crippen molar-refractivity contribution in [2.45, 2.75) is 24.5 Å². The second-order valence-electron chi connectivity index (χ2n) is 5.17. The molecule has 0 spiro atoms. The molecule has 1 aliphatic heterocycles. The number of nitrogens with one attached hydrogen (secondary N) is 1. The van der Waals surface area contributed by atoms with Crippen molar-refractivity contribution >= 4 is 21.8 Å². The van der Waals surface area contributed by atoms with Crippen LogP contribution in [0.15, 0.2) is 27.9 Å². The van der Waals surface area contributed by atoms with Crippen molar-refractivity contribution in [2.75, 3.05) is 31.1 Å². The molecule has 0 atom stereocenters. The molecule has 2 heterocycles. The largest absolute Gasteiger partial charge is 0.452 e. The standard InChI is InChI=1S/C12H20N2O3S2/c1-12(2,14-5-8-18-9-6-14)10-13-19(15,16)11-4-3-7-17-11/h3-4,7,13H,5-6,8-10H2,1-2H3. The third kappa shape index (κ3) is 3.75. The fourth-order valence-corrected chi connectivity index (χ4v) is 4.07. The van der Waals surface area contributed by atoms with Crippen molar-refractivity contribution in [3.05, 3.63) is 18.4 Å². The normalized spacial score (nSPS) is 18.6. The third-order valence-corrected chi connectivity index (χ3v) is 5.55. The molecule has 1 aliphatic rings. The fourth-order valence-electron chi connectivity index (χ4n) is 2.04. The molecule has 1 aromatic rings. The van der Waals surface area contributed by atoms with Gasteiger partial charge in [0, 0.05) is 36.7 Å².